The van der Waals surface area contributed by atoms with Crippen LogP contribution in [0.1, 0.15) is 28.8 Å². The first-order valence-corrected chi connectivity index (χ1v) is 9.54. The van der Waals surface area contributed by atoms with Crippen LogP contribution < -0.4 is 15.0 Å². The molecule has 0 bridgehead atoms. The quantitative estimate of drug-likeness (QED) is 0.693. The van der Waals surface area contributed by atoms with Crippen LogP contribution in [0.25, 0.3) is 0 Å². The molecule has 2 aromatic rings. The summed E-state index contributed by atoms with van der Waals surface area (Å²) in [6.45, 7) is 0.687. The van der Waals surface area contributed by atoms with Crippen LogP contribution in [0, 0.1) is 0 Å². The largest absolute Gasteiger partial charge is 0.496 e. The average molecular weight is 396 g/mol. The number of ether oxygens (including phenoxy) is 2. The van der Waals surface area contributed by atoms with E-state index in [1.54, 1.807) is 36.3 Å². The highest BCUT2D eigenvalue weighted by Crippen LogP contribution is 2.22. The molecule has 0 aliphatic carbocycles. The van der Waals surface area contributed by atoms with Gasteiger partial charge >= 0.3 is 5.97 Å². The molecule has 0 aromatic heterocycles. The Balaban J connectivity index is 1.46. The Morgan fingerprint density at radius 1 is 1.14 bits per heavy atom. The summed E-state index contributed by atoms with van der Waals surface area (Å²) in [5.41, 5.74) is 1.97. The number of methoxy groups -OCH3 is 1. The van der Waals surface area contributed by atoms with Crippen molar-refractivity contribution in [2.24, 2.45) is 0 Å². The van der Waals surface area contributed by atoms with E-state index in [1.165, 1.54) is 0 Å². The number of para-hydroxylation sites is 1. The number of nitrogens with one attached hydrogen (secondary N) is 1. The first-order valence-electron chi connectivity index (χ1n) is 9.54. The Kier molecular flexibility index (Phi) is 6.84. The topological polar surface area (TPSA) is 84.9 Å². The van der Waals surface area contributed by atoms with E-state index in [0.717, 1.165) is 17.7 Å². The minimum atomic E-state index is -0.599. The van der Waals surface area contributed by atoms with Crippen LogP contribution in [0.4, 0.5) is 5.69 Å². The van der Waals surface area contributed by atoms with Crippen molar-refractivity contribution in [2.45, 2.75) is 19.3 Å². The highest BCUT2D eigenvalue weighted by Gasteiger charge is 2.22. The molecular weight excluding hydrogens is 372 g/mol. The lowest BCUT2D eigenvalue weighted by molar-refractivity contribution is -0.124. The van der Waals surface area contributed by atoms with Crippen LogP contribution in [-0.4, -0.2) is 44.6 Å². The molecule has 0 unspecified atom stereocenters. The van der Waals surface area contributed by atoms with Crippen LogP contribution in [0.5, 0.6) is 5.75 Å². The van der Waals surface area contributed by atoms with Gasteiger partial charge in [-0.2, -0.15) is 0 Å². The van der Waals surface area contributed by atoms with Gasteiger partial charge in [-0.15, -0.1) is 0 Å². The highest BCUT2D eigenvalue weighted by molar-refractivity contribution is 5.97. The predicted octanol–water partition coefficient (Wildman–Crippen LogP) is 2.34. The van der Waals surface area contributed by atoms with Crippen LogP contribution in [0.3, 0.4) is 0 Å². The number of anilines is 1. The van der Waals surface area contributed by atoms with Gasteiger partial charge < -0.3 is 19.7 Å². The molecule has 1 heterocycles. The van der Waals surface area contributed by atoms with Crippen molar-refractivity contribution < 1.29 is 23.9 Å². The van der Waals surface area contributed by atoms with Gasteiger partial charge in [0.1, 0.15) is 5.75 Å². The zero-order valence-corrected chi connectivity index (χ0v) is 16.3. The first-order chi connectivity index (χ1) is 14.1. The van der Waals surface area contributed by atoms with E-state index in [0.29, 0.717) is 37.2 Å². The fourth-order valence-electron chi connectivity index (χ4n) is 3.23. The summed E-state index contributed by atoms with van der Waals surface area (Å²) in [5, 5.41) is 2.73. The van der Waals surface area contributed by atoms with Gasteiger partial charge in [-0.05, 0) is 42.7 Å². The fraction of sp³-hybridized carbons (Fsp3) is 0.318. The number of hydrogen-bond acceptors (Lipinski definition) is 5. The van der Waals surface area contributed by atoms with Gasteiger partial charge in [-0.3, -0.25) is 9.59 Å². The second kappa shape index (κ2) is 9.73. The number of carbonyl (C=O) groups is 3. The minimum absolute atomic E-state index is 0.0462. The number of rotatable bonds is 8. The molecule has 152 valence electrons. The van der Waals surface area contributed by atoms with E-state index in [-0.39, 0.29) is 18.4 Å². The van der Waals surface area contributed by atoms with Crippen molar-refractivity contribution in [3.05, 3.63) is 59.7 Å². The molecule has 0 radical (unpaired) electrons. The summed E-state index contributed by atoms with van der Waals surface area (Å²) in [6, 6.07) is 14.3. The Labute approximate surface area is 169 Å². The normalized spacial score (nSPS) is 13.3. The predicted molar refractivity (Wildman–Crippen MR) is 108 cm³/mol. The number of carbonyl (C=O) groups excluding carboxylic acids is 3. The summed E-state index contributed by atoms with van der Waals surface area (Å²) >= 11 is 0. The molecule has 1 fully saturated rings. The third-order valence-corrected chi connectivity index (χ3v) is 4.71. The Morgan fingerprint density at radius 2 is 1.97 bits per heavy atom. The molecule has 2 aromatic carbocycles. The van der Waals surface area contributed by atoms with Crippen LogP contribution >= 0.6 is 0 Å². The molecule has 7 heteroatoms. The van der Waals surface area contributed by atoms with Gasteiger partial charge in [0, 0.05) is 25.2 Å². The van der Waals surface area contributed by atoms with E-state index >= 15 is 0 Å². The summed E-state index contributed by atoms with van der Waals surface area (Å²) in [6.07, 6.45) is 1.93. The lowest BCUT2D eigenvalue weighted by Gasteiger charge is -2.16. The number of nitrogens with zero attached hydrogens (tertiary/aromatic N) is 1. The Morgan fingerprint density at radius 3 is 2.72 bits per heavy atom. The number of hydrogen-bond donors (Lipinski definition) is 1. The Bertz CT molecular complexity index is 896. The number of benzene rings is 2. The van der Waals surface area contributed by atoms with Crippen molar-refractivity contribution in [3.8, 4) is 5.75 Å². The summed E-state index contributed by atoms with van der Waals surface area (Å²) in [7, 11) is 1.60. The van der Waals surface area contributed by atoms with Crippen LogP contribution in [-0.2, 0) is 20.7 Å². The zero-order chi connectivity index (χ0) is 20.6. The highest BCUT2D eigenvalue weighted by atomic mass is 16.5. The van der Waals surface area contributed by atoms with E-state index < -0.39 is 5.97 Å². The van der Waals surface area contributed by atoms with Crippen molar-refractivity contribution in [2.75, 3.05) is 31.7 Å². The van der Waals surface area contributed by atoms with Gasteiger partial charge in [0.25, 0.3) is 5.91 Å². The maximum Gasteiger partial charge on any atom is 0.338 e. The van der Waals surface area contributed by atoms with Gasteiger partial charge in [-0.25, -0.2) is 4.79 Å². The van der Waals surface area contributed by atoms with E-state index in [1.807, 2.05) is 24.3 Å². The van der Waals surface area contributed by atoms with E-state index in [2.05, 4.69) is 5.32 Å². The molecule has 29 heavy (non-hydrogen) atoms. The van der Waals surface area contributed by atoms with Crippen molar-refractivity contribution >= 4 is 23.5 Å². The Hall–Kier alpha value is -3.35. The van der Waals surface area contributed by atoms with E-state index in [9.17, 15) is 14.4 Å². The SMILES string of the molecule is COc1ccccc1CCNC(=O)COC(=O)c1cccc(N2CCCC2=O)c1. The number of esters is 1. The summed E-state index contributed by atoms with van der Waals surface area (Å²) < 4.78 is 10.4. The zero-order valence-electron chi connectivity index (χ0n) is 16.3. The molecule has 0 saturated carbocycles. The molecule has 1 N–H and O–H groups in total. The standard InChI is InChI=1S/C22H24N2O5/c1-28-19-9-3-2-6-16(19)11-12-23-20(25)15-29-22(27)17-7-4-8-18(14-17)24-13-5-10-21(24)26/h2-4,6-9,14H,5,10-13,15H2,1H3,(H,23,25). The molecule has 1 aliphatic heterocycles. The van der Waals surface area contributed by atoms with Crippen LogP contribution in [0.2, 0.25) is 0 Å². The van der Waals surface area contributed by atoms with Crippen molar-refractivity contribution in [1.82, 2.24) is 5.32 Å². The molecule has 3 rings (SSSR count). The monoisotopic (exact) mass is 396 g/mol. The van der Waals surface area contributed by atoms with Gasteiger partial charge in [0.05, 0.1) is 12.7 Å². The number of amides is 2. The van der Waals surface area contributed by atoms with Gasteiger partial charge in [0.15, 0.2) is 6.61 Å². The molecular formula is C22H24N2O5. The van der Waals surface area contributed by atoms with Crippen molar-refractivity contribution in [1.29, 1.82) is 0 Å². The molecule has 0 spiro atoms. The van der Waals surface area contributed by atoms with Crippen molar-refractivity contribution in [3.63, 3.8) is 0 Å². The van der Waals surface area contributed by atoms with Gasteiger partial charge in [-0.1, -0.05) is 24.3 Å². The second-order valence-corrected chi connectivity index (χ2v) is 6.69. The maximum absolute atomic E-state index is 12.3. The lowest BCUT2D eigenvalue weighted by atomic mass is 10.1. The fourth-order valence-corrected chi connectivity index (χ4v) is 3.23. The summed E-state index contributed by atoms with van der Waals surface area (Å²) in [5.74, 6) is -0.160. The molecule has 1 aliphatic rings. The smallest absolute Gasteiger partial charge is 0.338 e. The van der Waals surface area contributed by atoms with Gasteiger partial charge in [0.2, 0.25) is 5.91 Å². The third kappa shape index (κ3) is 5.34. The molecule has 1 saturated heterocycles. The van der Waals surface area contributed by atoms with E-state index in [4.69, 9.17) is 9.47 Å². The average Bonchev–Trinajstić information content (AvgIpc) is 3.18. The third-order valence-electron chi connectivity index (χ3n) is 4.71. The second-order valence-electron chi connectivity index (χ2n) is 6.69. The lowest BCUT2D eigenvalue weighted by Crippen LogP contribution is -2.30. The summed E-state index contributed by atoms with van der Waals surface area (Å²) in [4.78, 5) is 37.7. The van der Waals surface area contributed by atoms with Crippen LogP contribution in [0.15, 0.2) is 48.5 Å². The first kappa shape index (κ1) is 20.4. The maximum atomic E-state index is 12.3. The minimum Gasteiger partial charge on any atom is -0.496 e. The molecule has 2 amide bonds. The molecule has 7 nitrogen and oxygen atoms in total. The molecule has 0 atom stereocenters.